The highest BCUT2D eigenvalue weighted by Gasteiger charge is 2.29. The number of carbonyl (C=O) groups is 1. The van der Waals surface area contributed by atoms with Crippen LogP contribution in [0, 0.1) is 0 Å². The highest BCUT2D eigenvalue weighted by Crippen LogP contribution is 2.29. The summed E-state index contributed by atoms with van der Waals surface area (Å²) >= 11 is 5.43. The van der Waals surface area contributed by atoms with Crippen LogP contribution in [0.15, 0.2) is 42.5 Å². The largest absolute Gasteiger partial charge is 0.507 e. The van der Waals surface area contributed by atoms with Gasteiger partial charge in [-0.3, -0.25) is 4.79 Å². The molecule has 1 amide bonds. The number of nitrogens with one attached hydrogen (secondary N) is 1. The van der Waals surface area contributed by atoms with Crippen LogP contribution < -0.4 is 5.32 Å². The number of hydrogen-bond donors (Lipinski definition) is 2. The van der Waals surface area contributed by atoms with Crippen molar-refractivity contribution in [2.24, 2.45) is 0 Å². The molecule has 0 bridgehead atoms. The number of phenols is 1. The van der Waals surface area contributed by atoms with E-state index in [0.29, 0.717) is 27.1 Å². The van der Waals surface area contributed by atoms with Gasteiger partial charge in [0.15, 0.2) is 0 Å². The molecule has 2 aromatic rings. The van der Waals surface area contributed by atoms with Gasteiger partial charge in [0.25, 0.3) is 0 Å². The number of phenolic OH excluding ortho intramolecular Hbond substituents is 1. The molecule has 2 aromatic carbocycles. The van der Waals surface area contributed by atoms with Crippen molar-refractivity contribution in [3.8, 4) is 5.75 Å². The van der Waals surface area contributed by atoms with E-state index in [0.717, 1.165) is 17.7 Å². The van der Waals surface area contributed by atoms with Crippen LogP contribution in [0.5, 0.6) is 5.75 Å². The molecule has 0 saturated heterocycles. The number of halogens is 5. The molecule has 27 heavy (non-hydrogen) atoms. The highest BCUT2D eigenvalue weighted by molar-refractivity contribution is 14.2. The van der Waals surface area contributed by atoms with Crippen molar-refractivity contribution < 1.29 is 23.1 Å². The third kappa shape index (κ3) is 6.49. The zero-order chi connectivity index (χ0) is 20.0. The van der Waals surface area contributed by atoms with Gasteiger partial charge in [-0.1, -0.05) is 44.5 Å². The molecule has 0 atom stereocenters. The molecule has 0 saturated carbocycles. The molecular formula is C19H18ClF3INO2. The molecule has 0 heterocycles. The minimum atomic E-state index is -4.35. The molecule has 2 rings (SSSR count). The van der Waals surface area contributed by atoms with E-state index in [2.05, 4.69) is 5.32 Å². The molecule has 0 spiro atoms. The minimum Gasteiger partial charge on any atom is -0.507 e. The van der Waals surface area contributed by atoms with Crippen LogP contribution in [0.25, 0.3) is 0 Å². The average Bonchev–Trinajstić information content (AvgIpc) is 2.61. The fourth-order valence-corrected chi connectivity index (χ4v) is 4.15. The highest BCUT2D eigenvalue weighted by atomic mass is 127. The van der Waals surface area contributed by atoms with Gasteiger partial charge in [0.1, 0.15) is 5.75 Å². The number of benzene rings is 2. The van der Waals surface area contributed by atoms with Gasteiger partial charge in [0.2, 0.25) is 5.91 Å². The van der Waals surface area contributed by atoms with Crippen molar-refractivity contribution in [1.82, 2.24) is 5.32 Å². The normalized spacial score (nSPS) is 12.4. The quantitative estimate of drug-likeness (QED) is 0.409. The number of amides is 1. The van der Waals surface area contributed by atoms with Crippen LogP contribution in [0.1, 0.15) is 29.5 Å². The molecule has 146 valence electrons. The van der Waals surface area contributed by atoms with Gasteiger partial charge in [-0.05, 0) is 53.7 Å². The Kier molecular flexibility index (Phi) is 7.67. The Balaban J connectivity index is 1.89. The predicted molar refractivity (Wildman–Crippen MR) is 110 cm³/mol. The Morgan fingerprint density at radius 2 is 1.85 bits per heavy atom. The van der Waals surface area contributed by atoms with Gasteiger partial charge in [-0.15, -0.1) is 0 Å². The maximum absolute atomic E-state index is 12.5. The van der Waals surface area contributed by atoms with Gasteiger partial charge in [-0.25, -0.2) is 0 Å². The first kappa shape index (κ1) is 21.7. The number of carbonyl (C=O) groups excluding carboxylic acids is 1. The summed E-state index contributed by atoms with van der Waals surface area (Å²) in [6, 6.07) is 9.61. The second-order valence-corrected chi connectivity index (χ2v) is 8.35. The third-order valence-electron chi connectivity index (χ3n) is 3.78. The maximum atomic E-state index is 12.5. The Morgan fingerprint density at radius 3 is 2.44 bits per heavy atom. The van der Waals surface area contributed by atoms with Gasteiger partial charge in [0, 0.05) is 17.0 Å². The first-order valence-corrected chi connectivity index (χ1v) is 11.6. The first-order valence-electron chi connectivity index (χ1n) is 8.02. The number of hydrogen-bond acceptors (Lipinski definition) is 2. The zero-order valence-corrected chi connectivity index (χ0v) is 17.3. The van der Waals surface area contributed by atoms with Gasteiger partial charge in [-0.2, -0.15) is 13.2 Å². The van der Waals surface area contributed by atoms with Gasteiger partial charge in [0.05, 0.1) is 9.20 Å². The lowest BCUT2D eigenvalue weighted by Gasteiger charge is -2.11. The molecule has 0 unspecified atom stereocenters. The van der Waals surface area contributed by atoms with Crippen molar-refractivity contribution in [3.63, 3.8) is 0 Å². The number of rotatable bonds is 6. The summed E-state index contributed by atoms with van der Waals surface area (Å²) in [5, 5.41) is 13.3. The van der Waals surface area contributed by atoms with Crippen LogP contribution in [-0.2, 0) is 17.4 Å². The van der Waals surface area contributed by atoms with E-state index in [1.807, 2.05) is 4.93 Å². The summed E-state index contributed by atoms with van der Waals surface area (Å²) in [7, 11) is 0. The van der Waals surface area contributed by atoms with E-state index in [-0.39, 0.29) is 18.1 Å². The first-order chi connectivity index (χ1) is 12.7. The Morgan fingerprint density at radius 1 is 1.19 bits per heavy atom. The molecular weight excluding hydrogens is 494 g/mol. The van der Waals surface area contributed by atoms with Crippen molar-refractivity contribution in [2.75, 3.05) is 4.93 Å². The van der Waals surface area contributed by atoms with Gasteiger partial charge < -0.3 is 10.4 Å². The smallest absolute Gasteiger partial charge is 0.416 e. The molecule has 0 aliphatic carbocycles. The summed E-state index contributed by atoms with van der Waals surface area (Å²) in [6.45, 7) is 0. The van der Waals surface area contributed by atoms with E-state index in [4.69, 9.17) is 11.6 Å². The van der Waals surface area contributed by atoms with Crippen LogP contribution in [0.2, 0.25) is 5.02 Å². The molecule has 0 aromatic heterocycles. The Bertz CT molecular complexity index is 836. The molecule has 3 nitrogen and oxygen atoms in total. The van der Waals surface area contributed by atoms with Crippen LogP contribution in [0.3, 0.4) is 0 Å². The molecule has 2 N–H and O–H groups in total. The molecule has 0 aliphatic heterocycles. The second-order valence-electron chi connectivity index (χ2n) is 5.76. The number of aromatic hydroxyl groups is 1. The summed E-state index contributed by atoms with van der Waals surface area (Å²) in [4.78, 5) is 14.1. The topological polar surface area (TPSA) is 49.3 Å². The predicted octanol–water partition coefficient (Wildman–Crippen LogP) is 5.28. The van der Waals surface area contributed by atoms with E-state index in [1.54, 1.807) is 12.1 Å². The maximum Gasteiger partial charge on any atom is 0.416 e. The SMILES string of the molecule is CI=C(NC(=O)CCCc1ccc(C(F)(F)F)cc1)c1cc(Cl)ccc1O. The minimum absolute atomic E-state index is 0.0565. The number of aryl methyl sites for hydroxylation is 1. The third-order valence-corrected chi connectivity index (χ3v) is 5.95. The Hall–Kier alpha value is -1.61. The summed E-state index contributed by atoms with van der Waals surface area (Å²) in [5.41, 5.74) is 0.584. The number of alkyl halides is 4. The Labute approximate surface area is 170 Å². The van der Waals surface area contributed by atoms with Crippen molar-refractivity contribution in [1.29, 1.82) is 0 Å². The van der Waals surface area contributed by atoms with Crippen molar-refractivity contribution in [3.05, 3.63) is 64.2 Å². The van der Waals surface area contributed by atoms with Crippen molar-refractivity contribution in [2.45, 2.75) is 25.4 Å². The van der Waals surface area contributed by atoms with E-state index in [9.17, 15) is 23.1 Å². The van der Waals surface area contributed by atoms with E-state index < -0.39 is 32.5 Å². The van der Waals surface area contributed by atoms with E-state index >= 15 is 0 Å². The fourth-order valence-electron chi connectivity index (χ4n) is 2.40. The fraction of sp³-hybridized carbons (Fsp3) is 0.263. The lowest BCUT2D eigenvalue weighted by Crippen LogP contribution is -2.29. The van der Waals surface area contributed by atoms with Crippen LogP contribution in [0.4, 0.5) is 13.2 Å². The van der Waals surface area contributed by atoms with Crippen molar-refractivity contribution >= 4 is 41.9 Å². The van der Waals surface area contributed by atoms with Crippen LogP contribution in [-0.4, -0.2) is 19.6 Å². The zero-order valence-electron chi connectivity index (χ0n) is 14.4. The molecule has 0 aliphatic rings. The monoisotopic (exact) mass is 511 g/mol. The second kappa shape index (κ2) is 9.54. The summed E-state index contributed by atoms with van der Waals surface area (Å²) in [5.74, 6) is -0.140. The molecule has 0 fully saturated rings. The van der Waals surface area contributed by atoms with E-state index in [1.165, 1.54) is 18.2 Å². The molecule has 0 radical (unpaired) electrons. The lowest BCUT2D eigenvalue weighted by atomic mass is 10.1. The van der Waals surface area contributed by atoms with Crippen LogP contribution >= 0.6 is 32.3 Å². The summed E-state index contributed by atoms with van der Waals surface area (Å²) in [6.07, 6.45) is -3.10. The standard InChI is InChI=1S/C19H18ClF3INO2/c1-24-18(15-11-14(20)9-10-16(15)26)25-17(27)4-2-3-12-5-7-13(8-6-12)19(21,22)23/h5-11,26H,2-4H2,1H3,(H,25,27). The van der Waals surface area contributed by atoms with Gasteiger partial charge >= 0.3 is 6.18 Å². The average molecular weight is 512 g/mol. The molecule has 8 heteroatoms. The summed E-state index contributed by atoms with van der Waals surface area (Å²) < 4.78 is 38.3. The lowest BCUT2D eigenvalue weighted by molar-refractivity contribution is -0.137.